The molecule has 0 aliphatic heterocycles. The zero-order valence-corrected chi connectivity index (χ0v) is 18.0. The highest BCUT2D eigenvalue weighted by Gasteiger charge is 2.24. The first-order chi connectivity index (χ1) is 15.5. The van der Waals surface area contributed by atoms with Gasteiger partial charge in [-0.25, -0.2) is 4.39 Å². The van der Waals surface area contributed by atoms with Gasteiger partial charge >= 0.3 is 0 Å². The molecule has 1 amide bonds. The van der Waals surface area contributed by atoms with Crippen LogP contribution < -0.4 is 0 Å². The Labute approximate surface area is 186 Å². The number of amides is 1. The van der Waals surface area contributed by atoms with E-state index in [0.29, 0.717) is 30.2 Å². The Morgan fingerprint density at radius 1 is 1.03 bits per heavy atom. The molecule has 3 aromatic carbocycles. The van der Waals surface area contributed by atoms with Crippen molar-refractivity contribution in [3.05, 3.63) is 107 Å². The van der Waals surface area contributed by atoms with E-state index in [4.69, 9.17) is 4.52 Å². The minimum Gasteiger partial charge on any atom is -0.339 e. The highest BCUT2D eigenvalue weighted by molar-refractivity contribution is 5.94. The number of nitrogens with zero attached hydrogens (tertiary/aromatic N) is 3. The Bertz CT molecular complexity index is 1190. The highest BCUT2D eigenvalue weighted by Crippen LogP contribution is 2.23. The molecule has 0 spiro atoms. The topological polar surface area (TPSA) is 59.2 Å². The van der Waals surface area contributed by atoms with E-state index in [-0.39, 0.29) is 11.9 Å². The predicted octanol–water partition coefficient (Wildman–Crippen LogP) is 5.63. The maximum atomic E-state index is 13.8. The maximum Gasteiger partial charge on any atom is 0.254 e. The largest absolute Gasteiger partial charge is 0.339 e. The van der Waals surface area contributed by atoms with Crippen molar-refractivity contribution in [1.29, 1.82) is 0 Å². The van der Waals surface area contributed by atoms with E-state index in [2.05, 4.69) is 10.1 Å². The maximum absolute atomic E-state index is 13.8. The van der Waals surface area contributed by atoms with Gasteiger partial charge in [-0.2, -0.15) is 4.98 Å². The summed E-state index contributed by atoms with van der Waals surface area (Å²) in [6, 6.07) is 23.1. The second-order valence-electron chi connectivity index (χ2n) is 7.72. The Morgan fingerprint density at radius 3 is 2.50 bits per heavy atom. The second-order valence-corrected chi connectivity index (χ2v) is 7.72. The van der Waals surface area contributed by atoms with Crippen LogP contribution in [-0.4, -0.2) is 27.5 Å². The van der Waals surface area contributed by atoms with Crippen molar-refractivity contribution in [3.8, 4) is 11.4 Å². The van der Waals surface area contributed by atoms with Crippen molar-refractivity contribution >= 4 is 5.91 Å². The molecule has 1 atom stereocenters. The van der Waals surface area contributed by atoms with Gasteiger partial charge in [0.2, 0.25) is 11.7 Å². The molecular formula is C26H24FN3O2. The number of aromatic nitrogens is 2. The lowest BCUT2D eigenvalue weighted by Crippen LogP contribution is -2.35. The molecule has 0 unspecified atom stereocenters. The molecule has 6 heteroatoms. The van der Waals surface area contributed by atoms with E-state index >= 15 is 0 Å². The average molecular weight is 429 g/mol. The SMILES string of the molecule is Cc1ccc(-c2noc(CCN(C(=O)c3cccc(F)c3)[C@H](C)c3ccccc3)n2)cc1. The van der Waals surface area contributed by atoms with Gasteiger partial charge in [0.15, 0.2) is 0 Å². The molecule has 0 aliphatic rings. The fraction of sp³-hybridized carbons (Fsp3) is 0.192. The summed E-state index contributed by atoms with van der Waals surface area (Å²) in [5.41, 5.74) is 3.32. The van der Waals surface area contributed by atoms with Crippen LogP contribution in [0.5, 0.6) is 0 Å². The standard InChI is InChI=1S/C26H24FN3O2/c1-18-11-13-21(14-12-18)25-28-24(32-29-25)15-16-30(19(2)20-7-4-3-5-8-20)26(31)22-9-6-10-23(27)17-22/h3-14,17,19H,15-16H2,1-2H3/t19-/m1/s1. The Kier molecular flexibility index (Phi) is 6.40. The van der Waals surface area contributed by atoms with Gasteiger partial charge in [-0.15, -0.1) is 0 Å². The quantitative estimate of drug-likeness (QED) is 0.382. The number of aryl methyl sites for hydroxylation is 1. The number of carbonyl (C=O) groups is 1. The first-order valence-electron chi connectivity index (χ1n) is 10.5. The van der Waals surface area contributed by atoms with Crippen LogP contribution in [0.3, 0.4) is 0 Å². The van der Waals surface area contributed by atoms with Gasteiger partial charge in [0.25, 0.3) is 5.91 Å². The molecule has 1 aromatic heterocycles. The fourth-order valence-corrected chi connectivity index (χ4v) is 3.56. The van der Waals surface area contributed by atoms with Crippen molar-refractivity contribution in [1.82, 2.24) is 15.0 Å². The number of hydrogen-bond acceptors (Lipinski definition) is 4. The summed E-state index contributed by atoms with van der Waals surface area (Å²) in [4.78, 5) is 19.5. The summed E-state index contributed by atoms with van der Waals surface area (Å²) in [5, 5.41) is 4.07. The molecule has 1 heterocycles. The lowest BCUT2D eigenvalue weighted by atomic mass is 10.0. The van der Waals surface area contributed by atoms with Crippen molar-refractivity contribution in [2.45, 2.75) is 26.3 Å². The summed E-state index contributed by atoms with van der Waals surface area (Å²) in [6.45, 7) is 4.32. The van der Waals surface area contributed by atoms with Crippen LogP contribution in [0.4, 0.5) is 4.39 Å². The zero-order valence-electron chi connectivity index (χ0n) is 18.0. The Balaban J connectivity index is 1.55. The Hall–Kier alpha value is -3.80. The second kappa shape index (κ2) is 9.56. The molecule has 4 rings (SSSR count). The molecule has 5 nitrogen and oxygen atoms in total. The van der Waals surface area contributed by atoms with E-state index in [9.17, 15) is 9.18 Å². The summed E-state index contributed by atoms with van der Waals surface area (Å²) in [6.07, 6.45) is 0.386. The number of carbonyl (C=O) groups excluding carboxylic acids is 1. The summed E-state index contributed by atoms with van der Waals surface area (Å²) >= 11 is 0. The Morgan fingerprint density at radius 2 is 1.78 bits per heavy atom. The first-order valence-corrected chi connectivity index (χ1v) is 10.5. The third-order valence-electron chi connectivity index (χ3n) is 5.43. The molecule has 0 saturated carbocycles. The third-order valence-corrected chi connectivity index (χ3v) is 5.43. The summed E-state index contributed by atoms with van der Waals surface area (Å²) < 4.78 is 19.2. The first kappa shape index (κ1) is 21.4. The molecule has 0 fully saturated rings. The van der Waals surface area contributed by atoms with Gasteiger partial charge in [-0.3, -0.25) is 4.79 Å². The van der Waals surface area contributed by atoms with E-state index in [1.807, 2.05) is 68.4 Å². The molecular weight excluding hydrogens is 405 g/mol. The van der Waals surface area contributed by atoms with E-state index in [0.717, 1.165) is 16.7 Å². The normalized spacial score (nSPS) is 11.8. The van der Waals surface area contributed by atoms with Crippen LogP contribution in [0.25, 0.3) is 11.4 Å². The van der Waals surface area contributed by atoms with Crippen LogP contribution >= 0.6 is 0 Å². The smallest absolute Gasteiger partial charge is 0.254 e. The monoisotopic (exact) mass is 429 g/mol. The van der Waals surface area contributed by atoms with Crippen LogP contribution in [0, 0.1) is 12.7 Å². The van der Waals surface area contributed by atoms with Gasteiger partial charge in [0, 0.05) is 24.1 Å². The summed E-state index contributed by atoms with van der Waals surface area (Å²) in [7, 11) is 0. The van der Waals surface area contributed by atoms with E-state index in [1.165, 1.54) is 12.1 Å². The molecule has 0 saturated heterocycles. The van der Waals surface area contributed by atoms with Crippen LogP contribution in [0.15, 0.2) is 83.4 Å². The lowest BCUT2D eigenvalue weighted by molar-refractivity contribution is 0.0688. The van der Waals surface area contributed by atoms with Crippen molar-refractivity contribution < 1.29 is 13.7 Å². The minimum atomic E-state index is -0.442. The van der Waals surface area contributed by atoms with Gasteiger partial charge < -0.3 is 9.42 Å². The number of rotatable bonds is 7. The van der Waals surface area contributed by atoms with Crippen LogP contribution in [-0.2, 0) is 6.42 Å². The molecule has 4 aromatic rings. The van der Waals surface area contributed by atoms with Crippen LogP contribution in [0.2, 0.25) is 0 Å². The van der Waals surface area contributed by atoms with E-state index in [1.54, 1.807) is 17.0 Å². The van der Waals surface area contributed by atoms with Gasteiger partial charge in [-0.05, 0) is 37.6 Å². The zero-order chi connectivity index (χ0) is 22.5. The summed E-state index contributed by atoms with van der Waals surface area (Å²) in [5.74, 6) is 0.263. The average Bonchev–Trinajstić information content (AvgIpc) is 3.29. The highest BCUT2D eigenvalue weighted by atomic mass is 19.1. The molecule has 0 aliphatic carbocycles. The van der Waals surface area contributed by atoms with Gasteiger partial charge in [-0.1, -0.05) is 71.4 Å². The van der Waals surface area contributed by atoms with Crippen molar-refractivity contribution in [2.75, 3.05) is 6.54 Å². The lowest BCUT2D eigenvalue weighted by Gasteiger charge is -2.29. The van der Waals surface area contributed by atoms with Crippen molar-refractivity contribution in [3.63, 3.8) is 0 Å². The molecule has 162 valence electrons. The number of hydrogen-bond donors (Lipinski definition) is 0. The number of halogens is 1. The molecule has 32 heavy (non-hydrogen) atoms. The number of benzene rings is 3. The van der Waals surface area contributed by atoms with Gasteiger partial charge in [0.05, 0.1) is 6.04 Å². The fourth-order valence-electron chi connectivity index (χ4n) is 3.56. The minimum absolute atomic E-state index is 0.216. The molecule has 0 bridgehead atoms. The molecule has 0 radical (unpaired) electrons. The molecule has 0 N–H and O–H groups in total. The predicted molar refractivity (Wildman–Crippen MR) is 120 cm³/mol. The third kappa shape index (κ3) is 4.91. The van der Waals surface area contributed by atoms with Crippen LogP contribution in [0.1, 0.15) is 40.3 Å². The van der Waals surface area contributed by atoms with Gasteiger partial charge in [0.1, 0.15) is 5.82 Å². The van der Waals surface area contributed by atoms with E-state index < -0.39 is 5.82 Å². The van der Waals surface area contributed by atoms with Crippen molar-refractivity contribution in [2.24, 2.45) is 0 Å².